The molecule has 2 amide bonds. The number of anilines is 2. The molecule has 4 aromatic carbocycles. The molecule has 0 fully saturated rings. The van der Waals surface area contributed by atoms with Crippen LogP contribution in [-0.2, 0) is 23.8 Å². The molecule has 13 nitrogen and oxygen atoms in total. The van der Waals surface area contributed by atoms with Crippen LogP contribution in [0.25, 0.3) is 22.3 Å². The van der Waals surface area contributed by atoms with Crippen LogP contribution in [-0.4, -0.2) is 57.1 Å². The van der Waals surface area contributed by atoms with Gasteiger partial charge in [-0.15, -0.1) is 0 Å². The molecule has 0 spiro atoms. The highest BCUT2D eigenvalue weighted by molar-refractivity contribution is 6.08. The predicted molar refractivity (Wildman–Crippen MR) is 223 cm³/mol. The summed E-state index contributed by atoms with van der Waals surface area (Å²) in [5.41, 5.74) is 5.10. The number of hydrogen-bond donors (Lipinski definition) is 3. The quantitative estimate of drug-likeness (QED) is 0.0564. The number of hydrogen-bond acceptors (Lipinski definition) is 9. The number of nitrogens with one attached hydrogen (secondary N) is 2. The van der Waals surface area contributed by atoms with Crippen LogP contribution in [0.15, 0.2) is 90.1 Å². The zero-order valence-corrected chi connectivity index (χ0v) is 33.4. The number of nitrogens with zero attached hydrogens (tertiary/aromatic N) is 5. The van der Waals surface area contributed by atoms with Crippen molar-refractivity contribution in [1.82, 2.24) is 19.6 Å². The molecule has 0 aliphatic carbocycles. The lowest BCUT2D eigenvalue weighted by Crippen LogP contribution is -2.15. The van der Waals surface area contributed by atoms with E-state index in [2.05, 4.69) is 36.7 Å². The number of ketones is 1. The van der Waals surface area contributed by atoms with Gasteiger partial charge in [-0.2, -0.15) is 19.0 Å². The highest BCUT2D eigenvalue weighted by atomic mass is 19.1. The normalized spacial score (nSPS) is 10.7. The number of amides is 2. The number of carbonyl (C=O) groups is 3. The Kier molecular flexibility index (Phi) is 16.7. The molecule has 2 aromatic heterocycles. The van der Waals surface area contributed by atoms with Crippen molar-refractivity contribution in [3.8, 4) is 22.3 Å². The van der Waals surface area contributed by atoms with Crippen LogP contribution >= 0.6 is 0 Å². The van der Waals surface area contributed by atoms with E-state index in [1.54, 1.807) is 50.2 Å². The SMILES string of the molecule is C.CC(=O)c1ccc(-c2cc(F)ccc2NC(=O)c2c(C)nn(C)c2F)cc1.CO/N=C(\C)c1ccc(-c2cc(F)ccc2NC(=O)c2c(C)nn(C)c2F)cc1.CON. The number of oxime groups is 1. The van der Waals surface area contributed by atoms with E-state index >= 15 is 0 Å². The molecular formula is C43H46F4N8O5. The second kappa shape index (κ2) is 21.1. The third-order valence-electron chi connectivity index (χ3n) is 8.66. The molecule has 316 valence electrons. The smallest absolute Gasteiger partial charge is 0.262 e. The Hall–Kier alpha value is -6.98. The van der Waals surface area contributed by atoms with Gasteiger partial charge in [-0.25, -0.2) is 24.0 Å². The topological polar surface area (TPSA) is 168 Å². The Labute approximate surface area is 344 Å². The molecule has 17 heteroatoms. The molecule has 6 aromatic rings. The Morgan fingerprint density at radius 1 is 0.650 bits per heavy atom. The van der Waals surface area contributed by atoms with Crippen LogP contribution in [0.5, 0.6) is 0 Å². The fourth-order valence-corrected chi connectivity index (χ4v) is 5.84. The third kappa shape index (κ3) is 11.4. The average molecular weight is 831 g/mol. The Morgan fingerprint density at radius 3 is 1.33 bits per heavy atom. The largest absolute Gasteiger partial charge is 0.399 e. The summed E-state index contributed by atoms with van der Waals surface area (Å²) < 4.78 is 58.0. The van der Waals surface area contributed by atoms with Crippen molar-refractivity contribution in [2.24, 2.45) is 25.1 Å². The summed E-state index contributed by atoms with van der Waals surface area (Å²) in [4.78, 5) is 45.1. The third-order valence-corrected chi connectivity index (χ3v) is 8.66. The molecular weight excluding hydrogens is 785 g/mol. The van der Waals surface area contributed by atoms with Crippen molar-refractivity contribution in [2.75, 3.05) is 24.9 Å². The van der Waals surface area contributed by atoms with Gasteiger partial charge in [-0.3, -0.25) is 14.4 Å². The van der Waals surface area contributed by atoms with E-state index in [1.807, 2.05) is 12.1 Å². The van der Waals surface area contributed by atoms with Crippen LogP contribution in [0.2, 0.25) is 0 Å². The van der Waals surface area contributed by atoms with Gasteiger partial charge in [0.1, 0.15) is 29.9 Å². The molecule has 0 bridgehead atoms. The van der Waals surface area contributed by atoms with Crippen molar-refractivity contribution in [3.05, 3.63) is 142 Å². The van der Waals surface area contributed by atoms with Crippen LogP contribution in [0, 0.1) is 37.4 Å². The van der Waals surface area contributed by atoms with E-state index in [0.29, 0.717) is 44.9 Å². The average Bonchev–Trinajstić information content (AvgIpc) is 3.62. The lowest BCUT2D eigenvalue weighted by atomic mass is 10.0. The van der Waals surface area contributed by atoms with Crippen LogP contribution in [0.3, 0.4) is 0 Å². The van der Waals surface area contributed by atoms with Gasteiger partial charge in [0.2, 0.25) is 11.9 Å². The van der Waals surface area contributed by atoms with Crippen LogP contribution in [0.1, 0.15) is 69.3 Å². The van der Waals surface area contributed by atoms with E-state index in [1.165, 1.54) is 78.6 Å². The van der Waals surface area contributed by atoms with Gasteiger partial charge < -0.3 is 20.3 Å². The molecule has 0 radical (unpaired) electrons. The number of aryl methyl sites for hydroxylation is 4. The highest BCUT2D eigenvalue weighted by Crippen LogP contribution is 2.32. The lowest BCUT2D eigenvalue weighted by molar-refractivity contribution is 0.101. The summed E-state index contributed by atoms with van der Waals surface area (Å²) in [6.45, 7) is 6.33. The summed E-state index contributed by atoms with van der Waals surface area (Å²) in [6.07, 6.45) is 0. The second-order valence-corrected chi connectivity index (χ2v) is 12.8. The minimum absolute atomic E-state index is 0. The van der Waals surface area contributed by atoms with Gasteiger partial charge in [-0.05, 0) is 80.8 Å². The van der Waals surface area contributed by atoms with E-state index in [-0.39, 0.29) is 35.7 Å². The Morgan fingerprint density at radius 2 is 1.02 bits per heavy atom. The fraction of sp³-hybridized carbons (Fsp3) is 0.209. The molecule has 0 saturated carbocycles. The number of carbonyl (C=O) groups excluding carboxylic acids is 3. The molecule has 0 atom stereocenters. The summed E-state index contributed by atoms with van der Waals surface area (Å²) in [7, 11) is 5.68. The standard InChI is InChI=1S/C21H20F2N4O2.C20H17F2N3O2.CH5NO.CH4/c1-12(26-29-4)14-5-7-15(8-6-14)17-11-16(22)9-10-18(17)24-21(28)19-13(2)25-27(3)20(19)23;1-11-18(19(22)25(3)24-11)20(27)23-17-9-8-15(21)10-16(17)14-6-4-13(5-7-14)12(2)26;1-3-2;/h5-11H,1-4H3,(H,24,28);4-10H,1-3H3,(H,23,27);2H2,1H3;1H4/b26-12+;;;. The van der Waals surface area contributed by atoms with E-state index in [0.717, 1.165) is 14.9 Å². The van der Waals surface area contributed by atoms with Crippen molar-refractivity contribution >= 4 is 34.7 Å². The van der Waals surface area contributed by atoms with Gasteiger partial charge in [0.15, 0.2) is 5.78 Å². The number of nitrogens with two attached hydrogens (primary N) is 1. The first-order chi connectivity index (χ1) is 28.0. The van der Waals surface area contributed by atoms with E-state index in [4.69, 9.17) is 4.84 Å². The van der Waals surface area contributed by atoms with Gasteiger partial charge in [0.25, 0.3) is 11.8 Å². The lowest BCUT2D eigenvalue weighted by Gasteiger charge is -2.12. The van der Waals surface area contributed by atoms with Gasteiger partial charge in [0.05, 0.1) is 24.2 Å². The molecule has 0 unspecified atom stereocenters. The molecule has 0 aliphatic heterocycles. The monoisotopic (exact) mass is 830 g/mol. The first kappa shape index (κ1) is 47.4. The van der Waals surface area contributed by atoms with Crippen LogP contribution < -0.4 is 16.5 Å². The van der Waals surface area contributed by atoms with Crippen molar-refractivity contribution in [1.29, 1.82) is 0 Å². The summed E-state index contributed by atoms with van der Waals surface area (Å²) in [6, 6.07) is 21.6. The van der Waals surface area contributed by atoms with E-state index < -0.39 is 35.3 Å². The number of rotatable bonds is 9. The summed E-state index contributed by atoms with van der Waals surface area (Å²) >= 11 is 0. The van der Waals surface area contributed by atoms with Gasteiger partial charge in [0, 0.05) is 42.2 Å². The molecule has 2 heterocycles. The van der Waals surface area contributed by atoms with Crippen molar-refractivity contribution in [2.45, 2.75) is 35.1 Å². The minimum atomic E-state index is -0.750. The van der Waals surface area contributed by atoms with Crippen molar-refractivity contribution < 1.29 is 41.6 Å². The molecule has 6 rings (SSSR count). The maximum absolute atomic E-state index is 14.2. The van der Waals surface area contributed by atoms with Crippen molar-refractivity contribution in [3.63, 3.8) is 0 Å². The van der Waals surface area contributed by atoms with E-state index in [9.17, 15) is 31.9 Å². The first-order valence-electron chi connectivity index (χ1n) is 17.6. The van der Waals surface area contributed by atoms with Gasteiger partial charge in [-0.1, -0.05) is 61.1 Å². The number of aromatic nitrogens is 4. The summed E-state index contributed by atoms with van der Waals surface area (Å²) in [5, 5.41) is 16.9. The maximum atomic E-state index is 14.2. The molecule has 4 N–H and O–H groups in total. The fourth-order valence-electron chi connectivity index (χ4n) is 5.84. The molecule has 0 aliphatic rings. The number of halogens is 4. The minimum Gasteiger partial charge on any atom is -0.399 e. The Balaban J connectivity index is 0.000000297. The number of Topliss-reactive ketones (excluding diaryl/α,β-unsaturated/α-hetero) is 1. The zero-order valence-electron chi connectivity index (χ0n) is 33.4. The predicted octanol–water partition coefficient (Wildman–Crippen LogP) is 8.57. The molecule has 60 heavy (non-hydrogen) atoms. The van der Waals surface area contributed by atoms with Crippen LogP contribution in [0.4, 0.5) is 28.9 Å². The maximum Gasteiger partial charge on any atom is 0.262 e. The Bertz CT molecular complexity index is 2500. The second-order valence-electron chi connectivity index (χ2n) is 12.8. The summed E-state index contributed by atoms with van der Waals surface area (Å²) in [5.74, 6) is 0.509. The number of benzene rings is 4. The highest BCUT2D eigenvalue weighted by Gasteiger charge is 2.23. The van der Waals surface area contributed by atoms with Gasteiger partial charge >= 0.3 is 0 Å². The zero-order chi connectivity index (χ0) is 43.6. The molecule has 0 saturated heterocycles. The first-order valence-corrected chi connectivity index (χ1v) is 17.6.